The molecule has 0 saturated carbocycles. The van der Waals surface area contributed by atoms with Gasteiger partial charge in [-0.05, 0) is 12.1 Å². The van der Waals surface area contributed by atoms with E-state index in [1.807, 2.05) is 0 Å². The molecule has 1 N–H and O–H groups in total. The zero-order valence-electron chi connectivity index (χ0n) is 6.79. The molecule has 0 amide bonds. The van der Waals surface area contributed by atoms with E-state index in [-0.39, 0.29) is 5.57 Å². The molecule has 0 aromatic carbocycles. The van der Waals surface area contributed by atoms with E-state index < -0.39 is 0 Å². The van der Waals surface area contributed by atoms with Crippen LogP contribution in [-0.2, 0) is 4.79 Å². The van der Waals surface area contributed by atoms with Crippen LogP contribution in [0.4, 0.5) is 5.69 Å². The van der Waals surface area contributed by atoms with Gasteiger partial charge in [0.25, 0.3) is 0 Å². The number of hydrogen-bond donors (Lipinski definition) is 1. The molecule has 0 aliphatic carbocycles. The van der Waals surface area contributed by atoms with Crippen molar-refractivity contribution in [3.63, 3.8) is 0 Å². The van der Waals surface area contributed by atoms with Crippen LogP contribution in [0, 0.1) is 0 Å². The first-order valence-corrected chi connectivity index (χ1v) is 3.60. The normalized spacial score (nSPS) is 11.8. The molecule has 0 aliphatic rings. The van der Waals surface area contributed by atoms with Crippen LogP contribution in [0.15, 0.2) is 41.4 Å². The second kappa shape index (κ2) is 4.82. The number of pyridine rings is 1. The molecule has 0 saturated heterocycles. The first-order chi connectivity index (χ1) is 6.36. The molecule has 1 aromatic rings. The van der Waals surface area contributed by atoms with Gasteiger partial charge in [0.1, 0.15) is 0 Å². The third-order valence-electron chi connectivity index (χ3n) is 1.29. The number of carbonyl (C=O) groups is 1. The van der Waals surface area contributed by atoms with Crippen molar-refractivity contribution in [2.75, 3.05) is 0 Å². The number of nitrogens with zero attached hydrogens (tertiary/aromatic N) is 2. The Balaban J connectivity index is 2.74. The average molecular weight is 176 g/mol. The van der Waals surface area contributed by atoms with Gasteiger partial charge < -0.3 is 5.11 Å². The summed E-state index contributed by atoms with van der Waals surface area (Å²) in [5.74, 6) is 0. The lowest BCUT2D eigenvalue weighted by Gasteiger charge is -1.89. The Kier molecular flexibility index (Phi) is 3.38. The third-order valence-corrected chi connectivity index (χ3v) is 1.29. The number of rotatable bonds is 3. The summed E-state index contributed by atoms with van der Waals surface area (Å²) in [5.41, 5.74) is 0.743. The van der Waals surface area contributed by atoms with Crippen LogP contribution in [0.3, 0.4) is 0 Å². The van der Waals surface area contributed by atoms with Gasteiger partial charge in [0.05, 0.1) is 23.7 Å². The predicted octanol–water partition coefficient (Wildman–Crippen LogP) is 1.42. The zero-order chi connectivity index (χ0) is 9.52. The summed E-state index contributed by atoms with van der Waals surface area (Å²) in [7, 11) is 0. The fraction of sp³-hybridized carbons (Fsp3) is 0. The highest BCUT2D eigenvalue weighted by atomic mass is 16.2. The molecule has 0 aliphatic heterocycles. The SMILES string of the molecule is O=C/C(C=Nc1cccnc1)=C/O. The lowest BCUT2D eigenvalue weighted by molar-refractivity contribution is -0.104. The minimum absolute atomic E-state index is 0.115. The van der Waals surface area contributed by atoms with E-state index in [4.69, 9.17) is 5.11 Å². The van der Waals surface area contributed by atoms with Crippen molar-refractivity contribution in [3.8, 4) is 0 Å². The maximum absolute atomic E-state index is 10.2. The van der Waals surface area contributed by atoms with Gasteiger partial charge >= 0.3 is 0 Å². The summed E-state index contributed by atoms with van der Waals surface area (Å²) >= 11 is 0. The smallest absolute Gasteiger partial charge is 0.154 e. The Morgan fingerprint density at radius 2 is 2.46 bits per heavy atom. The number of allylic oxidation sites excluding steroid dienone is 1. The van der Waals surface area contributed by atoms with Crippen LogP contribution >= 0.6 is 0 Å². The number of aliphatic hydroxyl groups is 1. The molecule has 0 radical (unpaired) electrons. The third kappa shape index (κ3) is 2.86. The summed E-state index contributed by atoms with van der Waals surface area (Å²) < 4.78 is 0. The first-order valence-electron chi connectivity index (χ1n) is 3.60. The molecule has 0 spiro atoms. The largest absolute Gasteiger partial charge is 0.515 e. The highest BCUT2D eigenvalue weighted by molar-refractivity contribution is 6.02. The van der Waals surface area contributed by atoms with Gasteiger partial charge in [0.15, 0.2) is 6.29 Å². The van der Waals surface area contributed by atoms with Crippen molar-refractivity contribution in [3.05, 3.63) is 36.4 Å². The van der Waals surface area contributed by atoms with E-state index in [2.05, 4.69) is 9.98 Å². The van der Waals surface area contributed by atoms with E-state index in [0.29, 0.717) is 18.2 Å². The molecular weight excluding hydrogens is 168 g/mol. The van der Waals surface area contributed by atoms with E-state index in [1.54, 1.807) is 24.5 Å². The molecule has 66 valence electrons. The highest BCUT2D eigenvalue weighted by Gasteiger charge is 1.89. The molecule has 1 heterocycles. The van der Waals surface area contributed by atoms with Gasteiger partial charge in [0.2, 0.25) is 0 Å². The molecule has 4 heteroatoms. The van der Waals surface area contributed by atoms with E-state index in [0.717, 1.165) is 0 Å². The molecule has 0 fully saturated rings. The van der Waals surface area contributed by atoms with Crippen LogP contribution in [0.5, 0.6) is 0 Å². The van der Waals surface area contributed by atoms with Gasteiger partial charge in [-0.1, -0.05) is 0 Å². The number of carbonyl (C=O) groups excluding carboxylic acids is 1. The van der Waals surface area contributed by atoms with Crippen LogP contribution in [0.25, 0.3) is 0 Å². The van der Waals surface area contributed by atoms with Crippen LogP contribution in [0.2, 0.25) is 0 Å². The van der Waals surface area contributed by atoms with E-state index in [9.17, 15) is 4.79 Å². The van der Waals surface area contributed by atoms with Crippen molar-refractivity contribution in [2.24, 2.45) is 4.99 Å². The predicted molar refractivity (Wildman–Crippen MR) is 49.2 cm³/mol. The molecular formula is C9H8N2O2. The lowest BCUT2D eigenvalue weighted by Crippen LogP contribution is -1.85. The van der Waals surface area contributed by atoms with E-state index >= 15 is 0 Å². The fourth-order valence-corrected chi connectivity index (χ4v) is 0.673. The van der Waals surface area contributed by atoms with E-state index in [1.165, 1.54) is 6.21 Å². The maximum atomic E-state index is 10.2. The summed E-state index contributed by atoms with van der Waals surface area (Å²) in [5, 5.41) is 8.50. The minimum atomic E-state index is 0.115. The average Bonchev–Trinajstić information content (AvgIpc) is 2.21. The Hall–Kier alpha value is -1.97. The standard InChI is InChI=1S/C9H8N2O2/c12-6-8(7-13)4-11-9-2-1-3-10-5-9/h1-7,12H/b8-6+,11-4?. The molecule has 1 aromatic heterocycles. The van der Waals surface area contributed by atoms with Crippen molar-refractivity contribution in [2.45, 2.75) is 0 Å². The highest BCUT2D eigenvalue weighted by Crippen LogP contribution is 2.06. The summed E-state index contributed by atoms with van der Waals surface area (Å²) in [6.45, 7) is 0. The quantitative estimate of drug-likeness (QED) is 0.328. The number of aldehydes is 1. The summed E-state index contributed by atoms with van der Waals surface area (Å²) in [4.78, 5) is 18.0. The maximum Gasteiger partial charge on any atom is 0.154 e. The first kappa shape index (κ1) is 9.12. The van der Waals surface area contributed by atoms with Gasteiger partial charge in [-0.2, -0.15) is 0 Å². The topological polar surface area (TPSA) is 62.5 Å². The van der Waals surface area contributed by atoms with Crippen molar-refractivity contribution in [1.29, 1.82) is 0 Å². The second-order valence-corrected chi connectivity index (χ2v) is 2.22. The Morgan fingerprint density at radius 3 is 3.00 bits per heavy atom. The summed E-state index contributed by atoms with van der Waals surface area (Å²) in [6.07, 6.45) is 5.66. The molecule has 4 nitrogen and oxygen atoms in total. The van der Waals surface area contributed by atoms with Crippen LogP contribution < -0.4 is 0 Å². The number of hydrogen-bond acceptors (Lipinski definition) is 4. The van der Waals surface area contributed by atoms with Crippen LogP contribution in [0.1, 0.15) is 0 Å². The van der Waals surface area contributed by atoms with Crippen LogP contribution in [-0.4, -0.2) is 22.6 Å². The number of aliphatic hydroxyl groups excluding tert-OH is 1. The molecule has 1 rings (SSSR count). The fourth-order valence-electron chi connectivity index (χ4n) is 0.673. The molecule has 0 atom stereocenters. The van der Waals surface area contributed by atoms with Gasteiger partial charge in [-0.3, -0.25) is 14.8 Å². The van der Waals surface area contributed by atoms with Gasteiger partial charge in [-0.25, -0.2) is 0 Å². The monoisotopic (exact) mass is 176 g/mol. The Morgan fingerprint density at radius 1 is 1.62 bits per heavy atom. The van der Waals surface area contributed by atoms with Crippen molar-refractivity contribution in [1.82, 2.24) is 4.98 Å². The summed E-state index contributed by atoms with van der Waals surface area (Å²) in [6, 6.07) is 3.47. The number of aliphatic imine (C=N–C) groups is 1. The lowest BCUT2D eigenvalue weighted by atomic mass is 10.3. The van der Waals surface area contributed by atoms with Crippen molar-refractivity contribution < 1.29 is 9.90 Å². The Labute approximate surface area is 75.3 Å². The Bertz CT molecular complexity index is 331. The zero-order valence-corrected chi connectivity index (χ0v) is 6.79. The van der Waals surface area contributed by atoms with Crippen molar-refractivity contribution >= 4 is 18.2 Å². The van der Waals surface area contributed by atoms with Gasteiger partial charge in [0, 0.05) is 12.4 Å². The molecule has 0 bridgehead atoms. The molecule has 0 unspecified atom stereocenters. The van der Waals surface area contributed by atoms with Gasteiger partial charge in [-0.15, -0.1) is 0 Å². The number of aromatic nitrogens is 1. The second-order valence-electron chi connectivity index (χ2n) is 2.22. The molecule has 13 heavy (non-hydrogen) atoms. The minimum Gasteiger partial charge on any atom is -0.515 e.